The molecule has 1 aromatic carbocycles. The van der Waals surface area contributed by atoms with Gasteiger partial charge < -0.3 is 11.1 Å². The first kappa shape index (κ1) is 12.7. The van der Waals surface area contributed by atoms with E-state index < -0.39 is 4.92 Å². The Morgan fingerprint density at radius 2 is 1.89 bits per heavy atom. The Hall–Kier alpha value is -1.78. The maximum absolute atomic E-state index is 10.6. The minimum atomic E-state index is -0.425. The molecular formula is C13H19N3O2. The second kappa shape index (κ2) is 5.71. The molecule has 1 aromatic rings. The van der Waals surface area contributed by atoms with Crippen molar-refractivity contribution < 1.29 is 4.92 Å². The molecule has 0 bridgehead atoms. The number of benzene rings is 1. The number of nitrogen functional groups attached to an aromatic ring is 1. The molecule has 0 atom stereocenters. The predicted molar refractivity (Wildman–Crippen MR) is 72.6 cm³/mol. The standard InChI is InChI=1S/C13H19N3O2/c14-12-9-11(16(17)18)7-8-13(12)15-10-5-3-1-2-4-6-10/h7-10,15H,1-6,14H2. The zero-order valence-electron chi connectivity index (χ0n) is 10.4. The third-order valence-electron chi connectivity index (χ3n) is 3.46. The summed E-state index contributed by atoms with van der Waals surface area (Å²) in [6.07, 6.45) is 7.38. The largest absolute Gasteiger partial charge is 0.397 e. The summed E-state index contributed by atoms with van der Waals surface area (Å²) in [5.41, 5.74) is 7.15. The highest BCUT2D eigenvalue weighted by Gasteiger charge is 2.14. The third kappa shape index (κ3) is 3.12. The minimum Gasteiger partial charge on any atom is -0.397 e. The number of hydrogen-bond acceptors (Lipinski definition) is 4. The fourth-order valence-corrected chi connectivity index (χ4v) is 2.44. The van der Waals surface area contributed by atoms with Gasteiger partial charge in [-0.1, -0.05) is 25.7 Å². The molecule has 2 rings (SSSR count). The van der Waals surface area contributed by atoms with Crippen molar-refractivity contribution in [3.05, 3.63) is 28.3 Å². The SMILES string of the molecule is Nc1cc([N+](=O)[O-])ccc1NC1CCCCCC1. The lowest BCUT2D eigenvalue weighted by Crippen LogP contribution is -2.19. The molecule has 5 nitrogen and oxygen atoms in total. The zero-order valence-corrected chi connectivity index (χ0v) is 10.4. The van der Waals surface area contributed by atoms with Crippen molar-refractivity contribution in [2.75, 3.05) is 11.1 Å². The van der Waals surface area contributed by atoms with E-state index in [2.05, 4.69) is 5.32 Å². The Bertz CT molecular complexity index is 426. The van der Waals surface area contributed by atoms with Gasteiger partial charge in [0.25, 0.3) is 5.69 Å². The summed E-state index contributed by atoms with van der Waals surface area (Å²) in [5, 5.41) is 14.0. The van der Waals surface area contributed by atoms with Crippen LogP contribution in [0.5, 0.6) is 0 Å². The number of anilines is 2. The van der Waals surface area contributed by atoms with E-state index in [4.69, 9.17) is 5.73 Å². The van der Waals surface area contributed by atoms with E-state index in [1.165, 1.54) is 37.8 Å². The van der Waals surface area contributed by atoms with Gasteiger partial charge in [-0.2, -0.15) is 0 Å². The molecule has 0 radical (unpaired) electrons. The smallest absolute Gasteiger partial charge is 0.271 e. The van der Waals surface area contributed by atoms with Crippen molar-refractivity contribution in [3.8, 4) is 0 Å². The lowest BCUT2D eigenvalue weighted by Gasteiger charge is -2.18. The molecule has 1 aliphatic rings. The van der Waals surface area contributed by atoms with Gasteiger partial charge in [-0.05, 0) is 18.9 Å². The van der Waals surface area contributed by atoms with Crippen LogP contribution in [0.1, 0.15) is 38.5 Å². The molecule has 0 saturated heterocycles. The number of hydrogen-bond donors (Lipinski definition) is 2. The van der Waals surface area contributed by atoms with E-state index in [1.54, 1.807) is 6.07 Å². The van der Waals surface area contributed by atoms with Gasteiger partial charge in [0.15, 0.2) is 0 Å². The number of nitro benzene ring substituents is 1. The van der Waals surface area contributed by atoms with Gasteiger partial charge in [-0.15, -0.1) is 0 Å². The fourth-order valence-electron chi connectivity index (χ4n) is 2.44. The summed E-state index contributed by atoms with van der Waals surface area (Å²) in [4.78, 5) is 10.2. The molecule has 1 aliphatic carbocycles. The normalized spacial score (nSPS) is 17.1. The summed E-state index contributed by atoms with van der Waals surface area (Å²) < 4.78 is 0. The number of nitro groups is 1. The molecule has 5 heteroatoms. The second-order valence-corrected chi connectivity index (χ2v) is 4.86. The van der Waals surface area contributed by atoms with Crippen LogP contribution in [0.2, 0.25) is 0 Å². The van der Waals surface area contributed by atoms with Crippen molar-refractivity contribution in [1.29, 1.82) is 0 Å². The summed E-state index contributed by atoms with van der Waals surface area (Å²) >= 11 is 0. The van der Waals surface area contributed by atoms with E-state index in [0.717, 1.165) is 18.5 Å². The summed E-state index contributed by atoms with van der Waals surface area (Å²) in [6, 6.07) is 5.06. The Morgan fingerprint density at radius 3 is 2.44 bits per heavy atom. The Balaban J connectivity index is 2.06. The summed E-state index contributed by atoms with van der Waals surface area (Å²) in [5.74, 6) is 0. The topological polar surface area (TPSA) is 81.2 Å². The Morgan fingerprint density at radius 1 is 1.22 bits per heavy atom. The highest BCUT2D eigenvalue weighted by molar-refractivity contribution is 5.69. The van der Waals surface area contributed by atoms with Crippen LogP contribution < -0.4 is 11.1 Å². The number of non-ortho nitro benzene ring substituents is 1. The van der Waals surface area contributed by atoms with Crippen molar-refractivity contribution in [2.24, 2.45) is 0 Å². The number of nitrogens with two attached hydrogens (primary N) is 1. The van der Waals surface area contributed by atoms with Crippen molar-refractivity contribution in [3.63, 3.8) is 0 Å². The molecule has 18 heavy (non-hydrogen) atoms. The number of nitrogens with zero attached hydrogens (tertiary/aromatic N) is 1. The van der Waals surface area contributed by atoms with Gasteiger partial charge in [0.1, 0.15) is 0 Å². The van der Waals surface area contributed by atoms with Gasteiger partial charge in [0.2, 0.25) is 0 Å². The lowest BCUT2D eigenvalue weighted by atomic mass is 10.1. The zero-order chi connectivity index (χ0) is 13.0. The first-order valence-corrected chi connectivity index (χ1v) is 6.47. The molecule has 3 N–H and O–H groups in total. The molecule has 0 spiro atoms. The molecule has 0 unspecified atom stereocenters. The fraction of sp³-hybridized carbons (Fsp3) is 0.538. The first-order chi connectivity index (χ1) is 8.66. The highest BCUT2D eigenvalue weighted by atomic mass is 16.6. The van der Waals surface area contributed by atoms with Crippen LogP contribution in [0.15, 0.2) is 18.2 Å². The van der Waals surface area contributed by atoms with Crippen LogP contribution >= 0.6 is 0 Å². The summed E-state index contributed by atoms with van der Waals surface area (Å²) in [6.45, 7) is 0. The molecule has 0 aliphatic heterocycles. The number of rotatable bonds is 3. The molecule has 0 amide bonds. The summed E-state index contributed by atoms with van der Waals surface area (Å²) in [7, 11) is 0. The van der Waals surface area contributed by atoms with E-state index >= 15 is 0 Å². The Kier molecular flexibility index (Phi) is 4.02. The molecule has 1 fully saturated rings. The van der Waals surface area contributed by atoms with Crippen LogP contribution in [-0.2, 0) is 0 Å². The first-order valence-electron chi connectivity index (χ1n) is 6.47. The van der Waals surface area contributed by atoms with Gasteiger partial charge in [0, 0.05) is 18.2 Å². The maximum Gasteiger partial charge on any atom is 0.271 e. The average Bonchev–Trinajstić information content (AvgIpc) is 2.60. The van der Waals surface area contributed by atoms with Gasteiger partial charge in [0.05, 0.1) is 16.3 Å². The quantitative estimate of drug-likeness (QED) is 0.372. The minimum absolute atomic E-state index is 0.0407. The highest BCUT2D eigenvalue weighted by Crippen LogP contribution is 2.27. The van der Waals surface area contributed by atoms with E-state index in [9.17, 15) is 10.1 Å². The Labute approximate surface area is 107 Å². The van der Waals surface area contributed by atoms with Crippen LogP contribution in [-0.4, -0.2) is 11.0 Å². The average molecular weight is 249 g/mol. The lowest BCUT2D eigenvalue weighted by molar-refractivity contribution is -0.384. The molecular weight excluding hydrogens is 230 g/mol. The van der Waals surface area contributed by atoms with Gasteiger partial charge >= 0.3 is 0 Å². The number of nitrogens with one attached hydrogen (secondary N) is 1. The molecule has 0 heterocycles. The molecule has 0 aromatic heterocycles. The second-order valence-electron chi connectivity index (χ2n) is 4.86. The maximum atomic E-state index is 10.6. The third-order valence-corrected chi connectivity index (χ3v) is 3.46. The monoisotopic (exact) mass is 249 g/mol. The van der Waals surface area contributed by atoms with Crippen LogP contribution in [0, 0.1) is 10.1 Å². The van der Waals surface area contributed by atoms with Crippen molar-refractivity contribution >= 4 is 17.1 Å². The molecule has 1 saturated carbocycles. The van der Waals surface area contributed by atoms with Gasteiger partial charge in [-0.3, -0.25) is 10.1 Å². The predicted octanol–water partition coefficient (Wildman–Crippen LogP) is 3.31. The van der Waals surface area contributed by atoms with Crippen LogP contribution in [0.3, 0.4) is 0 Å². The van der Waals surface area contributed by atoms with Gasteiger partial charge in [-0.25, -0.2) is 0 Å². The van der Waals surface area contributed by atoms with E-state index in [0.29, 0.717) is 11.7 Å². The van der Waals surface area contributed by atoms with Crippen molar-refractivity contribution in [2.45, 2.75) is 44.6 Å². The van der Waals surface area contributed by atoms with Crippen LogP contribution in [0.25, 0.3) is 0 Å². The molecule has 98 valence electrons. The van der Waals surface area contributed by atoms with Crippen LogP contribution in [0.4, 0.5) is 17.1 Å². The van der Waals surface area contributed by atoms with Crippen molar-refractivity contribution in [1.82, 2.24) is 0 Å². The van der Waals surface area contributed by atoms with E-state index in [-0.39, 0.29) is 5.69 Å². The van der Waals surface area contributed by atoms with E-state index in [1.807, 2.05) is 0 Å².